The topological polar surface area (TPSA) is 3.24 Å². The maximum atomic E-state index is 2.41. The Bertz CT molecular complexity index is 2140. The van der Waals surface area contributed by atoms with E-state index < -0.39 is 0 Å². The summed E-state index contributed by atoms with van der Waals surface area (Å²) in [7, 11) is 0. The first-order chi connectivity index (χ1) is 18.8. The van der Waals surface area contributed by atoms with Crippen LogP contribution in [0, 0.1) is 0 Å². The summed E-state index contributed by atoms with van der Waals surface area (Å²) in [5.41, 5.74) is 3.52. The molecule has 0 saturated carbocycles. The van der Waals surface area contributed by atoms with E-state index in [2.05, 4.69) is 144 Å². The average molecular weight is 502 g/mol. The minimum atomic E-state index is 1.16. The summed E-state index contributed by atoms with van der Waals surface area (Å²) in [6.07, 6.45) is 0. The van der Waals surface area contributed by atoms with E-state index in [0.29, 0.717) is 0 Å². The summed E-state index contributed by atoms with van der Waals surface area (Å²) in [6.45, 7) is 0. The van der Waals surface area contributed by atoms with Gasteiger partial charge in [0.2, 0.25) is 0 Å². The zero-order chi connectivity index (χ0) is 25.1. The molecule has 0 aliphatic heterocycles. The van der Waals surface area contributed by atoms with Crippen molar-refractivity contribution >= 4 is 80.9 Å². The van der Waals surface area contributed by atoms with Crippen LogP contribution in [0.25, 0.3) is 52.5 Å². The van der Waals surface area contributed by atoms with Crippen molar-refractivity contribution < 1.29 is 0 Å². The second-order valence-electron chi connectivity index (χ2n) is 9.78. The molecule has 38 heavy (non-hydrogen) atoms. The number of fused-ring (bicyclic) bond motifs is 8. The monoisotopic (exact) mass is 501 g/mol. The Balaban J connectivity index is 1.42. The van der Waals surface area contributed by atoms with Crippen molar-refractivity contribution in [2.24, 2.45) is 0 Å². The van der Waals surface area contributed by atoms with Crippen molar-refractivity contribution in [2.75, 3.05) is 4.90 Å². The van der Waals surface area contributed by atoms with Gasteiger partial charge in [0, 0.05) is 26.8 Å². The normalized spacial score (nSPS) is 11.7. The van der Waals surface area contributed by atoms with Gasteiger partial charge in [-0.2, -0.15) is 0 Å². The predicted octanol–water partition coefficient (Wildman–Crippen LogP) is 11.0. The van der Waals surface area contributed by atoms with Crippen LogP contribution in [0.15, 0.2) is 140 Å². The minimum Gasteiger partial charge on any atom is -0.309 e. The molecule has 7 aromatic carbocycles. The van der Waals surface area contributed by atoms with E-state index >= 15 is 0 Å². The molecule has 0 amide bonds. The standard InChI is InChI=1S/C36H23NS/c1-2-10-26(11-3-1)37(34-15-8-14-32-31-13-6-7-16-35(31)38-36(32)34)27-20-17-25-19-21-29-28-12-5-4-9-24(28)18-22-30(29)33(25)23-27/h1-23H. The fourth-order valence-electron chi connectivity index (χ4n) is 5.86. The lowest BCUT2D eigenvalue weighted by Gasteiger charge is -2.26. The fourth-order valence-corrected chi connectivity index (χ4v) is 7.06. The van der Waals surface area contributed by atoms with E-state index in [9.17, 15) is 0 Å². The Morgan fingerprint density at radius 3 is 1.92 bits per heavy atom. The second kappa shape index (κ2) is 8.44. The summed E-state index contributed by atoms with van der Waals surface area (Å²) in [5, 5.41) is 10.3. The van der Waals surface area contributed by atoms with Gasteiger partial charge in [0.15, 0.2) is 0 Å². The van der Waals surface area contributed by atoms with Gasteiger partial charge in [-0.3, -0.25) is 0 Å². The van der Waals surface area contributed by atoms with Crippen LogP contribution in [0.1, 0.15) is 0 Å². The van der Waals surface area contributed by atoms with Gasteiger partial charge in [-0.25, -0.2) is 0 Å². The molecule has 1 nitrogen and oxygen atoms in total. The molecule has 2 heteroatoms. The molecule has 1 aromatic heterocycles. The molecule has 0 aliphatic rings. The molecule has 0 aliphatic carbocycles. The first kappa shape index (κ1) is 21.4. The Morgan fingerprint density at radius 2 is 1.05 bits per heavy atom. The summed E-state index contributed by atoms with van der Waals surface area (Å²) in [6, 6.07) is 50.8. The molecule has 0 N–H and O–H groups in total. The number of hydrogen-bond acceptors (Lipinski definition) is 2. The highest BCUT2D eigenvalue weighted by Gasteiger charge is 2.18. The molecule has 0 bridgehead atoms. The largest absolute Gasteiger partial charge is 0.309 e. The molecule has 178 valence electrons. The predicted molar refractivity (Wildman–Crippen MR) is 167 cm³/mol. The number of anilines is 3. The molecule has 1 heterocycles. The lowest BCUT2D eigenvalue weighted by Crippen LogP contribution is -2.09. The molecule has 0 saturated heterocycles. The maximum absolute atomic E-state index is 2.41. The van der Waals surface area contributed by atoms with Gasteiger partial charge in [0.25, 0.3) is 0 Å². The van der Waals surface area contributed by atoms with Crippen LogP contribution in [0.2, 0.25) is 0 Å². The summed E-state index contributed by atoms with van der Waals surface area (Å²) in [5.74, 6) is 0. The third kappa shape index (κ3) is 3.24. The first-order valence-corrected chi connectivity index (χ1v) is 13.8. The number of thiophene rings is 1. The minimum absolute atomic E-state index is 1.16. The van der Waals surface area contributed by atoms with Crippen LogP contribution in [-0.4, -0.2) is 0 Å². The van der Waals surface area contributed by atoms with Crippen LogP contribution in [0.5, 0.6) is 0 Å². The zero-order valence-corrected chi connectivity index (χ0v) is 21.5. The van der Waals surface area contributed by atoms with E-state index in [4.69, 9.17) is 0 Å². The molecule has 0 radical (unpaired) electrons. The van der Waals surface area contributed by atoms with Crippen LogP contribution in [0.3, 0.4) is 0 Å². The highest BCUT2D eigenvalue weighted by atomic mass is 32.1. The van der Waals surface area contributed by atoms with E-state index in [1.807, 2.05) is 11.3 Å². The van der Waals surface area contributed by atoms with Crippen LogP contribution in [-0.2, 0) is 0 Å². The zero-order valence-electron chi connectivity index (χ0n) is 20.6. The third-order valence-electron chi connectivity index (χ3n) is 7.62. The summed E-state index contributed by atoms with van der Waals surface area (Å²) < 4.78 is 2.63. The van der Waals surface area contributed by atoms with Gasteiger partial charge in [-0.15, -0.1) is 11.3 Å². The Hall–Kier alpha value is -4.66. The Morgan fingerprint density at radius 1 is 0.395 bits per heavy atom. The summed E-state index contributed by atoms with van der Waals surface area (Å²) >= 11 is 1.87. The number of nitrogens with zero attached hydrogens (tertiary/aromatic N) is 1. The lowest BCUT2D eigenvalue weighted by molar-refractivity contribution is 1.31. The van der Waals surface area contributed by atoms with Crippen molar-refractivity contribution in [2.45, 2.75) is 0 Å². The molecule has 0 atom stereocenters. The molecule has 8 rings (SSSR count). The molecule has 8 aromatic rings. The average Bonchev–Trinajstić information content (AvgIpc) is 3.37. The van der Waals surface area contributed by atoms with Gasteiger partial charge in [0.1, 0.15) is 0 Å². The van der Waals surface area contributed by atoms with Crippen LogP contribution < -0.4 is 4.90 Å². The number of hydrogen-bond donors (Lipinski definition) is 0. The number of rotatable bonds is 3. The van der Waals surface area contributed by atoms with Gasteiger partial charge < -0.3 is 4.90 Å². The van der Waals surface area contributed by atoms with Gasteiger partial charge >= 0.3 is 0 Å². The first-order valence-electron chi connectivity index (χ1n) is 12.9. The highest BCUT2D eigenvalue weighted by Crippen LogP contribution is 2.45. The molecular formula is C36H23NS. The molecule has 0 fully saturated rings. The number of benzene rings is 7. The highest BCUT2D eigenvalue weighted by molar-refractivity contribution is 7.26. The third-order valence-corrected chi connectivity index (χ3v) is 8.83. The van der Waals surface area contributed by atoms with Gasteiger partial charge in [0.05, 0.1) is 10.4 Å². The van der Waals surface area contributed by atoms with E-state index in [1.165, 1.54) is 58.2 Å². The van der Waals surface area contributed by atoms with Crippen molar-refractivity contribution in [3.63, 3.8) is 0 Å². The Kier molecular flexibility index (Phi) is 4.76. The lowest BCUT2D eigenvalue weighted by atomic mass is 9.96. The van der Waals surface area contributed by atoms with E-state index in [1.54, 1.807) is 0 Å². The SMILES string of the molecule is c1ccc(N(c2ccc3ccc4c5ccccc5ccc4c3c2)c2cccc3c2sc2ccccc23)cc1. The van der Waals surface area contributed by atoms with Gasteiger partial charge in [-0.1, -0.05) is 103 Å². The second-order valence-corrected chi connectivity index (χ2v) is 10.8. The van der Waals surface area contributed by atoms with E-state index in [-0.39, 0.29) is 0 Å². The van der Waals surface area contributed by atoms with Crippen molar-refractivity contribution in [1.29, 1.82) is 0 Å². The molecule has 0 spiro atoms. The van der Waals surface area contributed by atoms with E-state index in [0.717, 1.165) is 11.4 Å². The fraction of sp³-hybridized carbons (Fsp3) is 0. The maximum Gasteiger partial charge on any atom is 0.0640 e. The molecular weight excluding hydrogens is 478 g/mol. The van der Waals surface area contributed by atoms with Crippen molar-refractivity contribution in [3.8, 4) is 0 Å². The smallest absolute Gasteiger partial charge is 0.0640 e. The van der Waals surface area contributed by atoms with Gasteiger partial charge in [-0.05, 0) is 68.7 Å². The van der Waals surface area contributed by atoms with Crippen LogP contribution >= 0.6 is 11.3 Å². The van der Waals surface area contributed by atoms with Crippen molar-refractivity contribution in [3.05, 3.63) is 140 Å². The van der Waals surface area contributed by atoms with Crippen molar-refractivity contribution in [1.82, 2.24) is 0 Å². The number of para-hydroxylation sites is 1. The quantitative estimate of drug-likeness (QED) is 0.218. The summed E-state index contributed by atoms with van der Waals surface area (Å²) in [4.78, 5) is 2.41. The Labute approximate surface area is 224 Å². The molecule has 0 unspecified atom stereocenters. The van der Waals surface area contributed by atoms with Crippen LogP contribution in [0.4, 0.5) is 17.1 Å².